The fourth-order valence-electron chi connectivity index (χ4n) is 3.70. The number of ether oxygens (including phenoxy) is 2. The fraction of sp³-hybridized carbons (Fsp3) is 0.562. The van der Waals surface area contributed by atoms with E-state index in [1.807, 2.05) is 0 Å². The summed E-state index contributed by atoms with van der Waals surface area (Å²) in [5, 5.41) is 17.5. The minimum atomic E-state index is -4.76. The van der Waals surface area contributed by atoms with Crippen molar-refractivity contribution < 1.29 is 27.8 Å². The normalized spacial score (nSPS) is 27.6. The third-order valence-electron chi connectivity index (χ3n) is 4.94. The Bertz CT molecular complexity index is 756. The number of piperidine rings is 3. The number of aromatic amines is 1. The number of hydrogen-bond acceptors (Lipinski definition) is 5. The average Bonchev–Trinajstić information content (AvgIpc) is 2.97. The predicted molar refractivity (Wildman–Crippen MR) is 81.8 cm³/mol. The highest BCUT2D eigenvalue weighted by atomic mass is 19.4. The first-order valence-corrected chi connectivity index (χ1v) is 8.19. The molecule has 6 nitrogen and oxygen atoms in total. The molecule has 2 bridgehead atoms. The lowest BCUT2D eigenvalue weighted by Gasteiger charge is -2.44. The maximum atomic E-state index is 12.3. The van der Waals surface area contributed by atoms with Crippen molar-refractivity contribution >= 4 is 10.9 Å². The van der Waals surface area contributed by atoms with Crippen molar-refractivity contribution in [3.05, 3.63) is 23.9 Å². The Morgan fingerprint density at radius 2 is 2.04 bits per heavy atom. The van der Waals surface area contributed by atoms with Crippen LogP contribution in [0, 0.1) is 5.92 Å². The molecule has 1 aromatic heterocycles. The van der Waals surface area contributed by atoms with Gasteiger partial charge in [0, 0.05) is 18.0 Å². The van der Waals surface area contributed by atoms with Gasteiger partial charge in [0.2, 0.25) is 0 Å². The zero-order chi connectivity index (χ0) is 17.6. The molecule has 0 aliphatic carbocycles. The van der Waals surface area contributed by atoms with Gasteiger partial charge in [-0.25, -0.2) is 0 Å². The number of aromatic nitrogens is 2. The summed E-state index contributed by atoms with van der Waals surface area (Å²) in [6, 6.07) is 3.79. The second-order valence-corrected chi connectivity index (χ2v) is 6.53. The zero-order valence-corrected chi connectivity index (χ0v) is 13.3. The van der Waals surface area contributed by atoms with Crippen molar-refractivity contribution in [1.82, 2.24) is 15.1 Å². The molecule has 3 fully saturated rings. The van der Waals surface area contributed by atoms with Crippen LogP contribution >= 0.6 is 0 Å². The van der Waals surface area contributed by atoms with Gasteiger partial charge in [-0.3, -0.25) is 5.10 Å². The molecule has 9 heteroatoms. The highest BCUT2D eigenvalue weighted by molar-refractivity contribution is 5.82. The summed E-state index contributed by atoms with van der Waals surface area (Å²) < 4.78 is 46.6. The van der Waals surface area contributed by atoms with E-state index >= 15 is 0 Å². The monoisotopic (exact) mass is 357 g/mol. The van der Waals surface area contributed by atoms with Gasteiger partial charge in [-0.2, -0.15) is 5.10 Å². The molecular weight excluding hydrogens is 339 g/mol. The van der Waals surface area contributed by atoms with E-state index in [4.69, 9.17) is 4.74 Å². The van der Waals surface area contributed by atoms with Crippen LogP contribution in [-0.2, 0) is 4.74 Å². The van der Waals surface area contributed by atoms with E-state index in [-0.39, 0.29) is 17.4 Å². The summed E-state index contributed by atoms with van der Waals surface area (Å²) in [6.45, 7) is 2.92. The lowest BCUT2D eigenvalue weighted by Crippen LogP contribution is -2.51. The minimum Gasteiger partial charge on any atom is -0.406 e. The number of nitrogens with zero attached hydrogens (tertiary/aromatic N) is 2. The highest BCUT2D eigenvalue weighted by Gasteiger charge is 2.36. The number of fused-ring (bicyclic) bond motifs is 4. The number of halogens is 3. The van der Waals surface area contributed by atoms with E-state index in [1.165, 1.54) is 18.2 Å². The minimum absolute atomic E-state index is 0.0521. The Morgan fingerprint density at radius 1 is 1.28 bits per heavy atom. The Hall–Kier alpha value is -1.84. The van der Waals surface area contributed by atoms with Crippen molar-refractivity contribution in [1.29, 1.82) is 0 Å². The third-order valence-corrected chi connectivity index (χ3v) is 4.94. The zero-order valence-electron chi connectivity index (χ0n) is 13.3. The van der Waals surface area contributed by atoms with Crippen molar-refractivity contribution in [2.45, 2.75) is 31.6 Å². The van der Waals surface area contributed by atoms with E-state index < -0.39 is 12.7 Å². The average molecular weight is 357 g/mol. The van der Waals surface area contributed by atoms with E-state index in [0.717, 1.165) is 32.5 Å². The molecule has 4 heterocycles. The van der Waals surface area contributed by atoms with E-state index in [2.05, 4.69) is 19.8 Å². The summed E-state index contributed by atoms with van der Waals surface area (Å²) in [7, 11) is 0. The summed E-state index contributed by atoms with van der Waals surface area (Å²) >= 11 is 0. The Balaban J connectivity index is 1.51. The highest BCUT2D eigenvalue weighted by Crippen LogP contribution is 2.34. The summed E-state index contributed by atoms with van der Waals surface area (Å²) in [5.41, 5.74) is 0.610. The molecule has 0 amide bonds. The maximum Gasteiger partial charge on any atom is 0.573 e. The second-order valence-electron chi connectivity index (χ2n) is 6.53. The molecular formula is C16H18F3N3O3. The van der Waals surface area contributed by atoms with Crippen LogP contribution in [0.2, 0.25) is 0 Å². The Kier molecular flexibility index (Phi) is 4.09. The molecule has 0 radical (unpaired) electrons. The predicted octanol–water partition coefficient (Wildman–Crippen LogP) is 2.56. The fourth-order valence-corrected chi connectivity index (χ4v) is 3.70. The third kappa shape index (κ3) is 3.44. The number of hydrogen-bond donors (Lipinski definition) is 2. The SMILES string of the molecule is OC(O[C@@H]1CN2CCC1CC2)c1[nH]nc2cc(OC(F)(F)F)ccc12. The van der Waals surface area contributed by atoms with E-state index in [0.29, 0.717) is 17.0 Å². The molecule has 3 aliphatic rings. The van der Waals surface area contributed by atoms with Gasteiger partial charge in [0.25, 0.3) is 0 Å². The molecule has 2 aromatic rings. The van der Waals surface area contributed by atoms with E-state index in [1.54, 1.807) is 0 Å². The van der Waals surface area contributed by atoms with Gasteiger partial charge < -0.3 is 19.5 Å². The summed E-state index contributed by atoms with van der Waals surface area (Å²) in [4.78, 5) is 2.31. The van der Waals surface area contributed by atoms with Crippen molar-refractivity contribution in [2.75, 3.05) is 19.6 Å². The first kappa shape index (κ1) is 16.6. The van der Waals surface area contributed by atoms with Crippen LogP contribution in [-0.4, -0.2) is 52.3 Å². The van der Waals surface area contributed by atoms with Gasteiger partial charge in [0.05, 0.1) is 17.3 Å². The quantitative estimate of drug-likeness (QED) is 0.823. The van der Waals surface area contributed by atoms with Crippen LogP contribution < -0.4 is 4.74 Å². The molecule has 136 valence electrons. The Morgan fingerprint density at radius 3 is 2.68 bits per heavy atom. The molecule has 5 rings (SSSR count). The summed E-state index contributed by atoms with van der Waals surface area (Å²) in [5.74, 6) is 0.0754. The van der Waals surface area contributed by atoms with Gasteiger partial charge in [-0.05, 0) is 44.0 Å². The number of aliphatic hydroxyl groups excluding tert-OH is 1. The van der Waals surface area contributed by atoms with Crippen LogP contribution in [0.1, 0.15) is 24.8 Å². The smallest absolute Gasteiger partial charge is 0.406 e. The Labute approximate surface area is 141 Å². The maximum absolute atomic E-state index is 12.3. The molecule has 2 N–H and O–H groups in total. The van der Waals surface area contributed by atoms with Gasteiger partial charge in [0.1, 0.15) is 5.75 Å². The number of aliphatic hydroxyl groups is 1. The standard InChI is InChI=1S/C16H18F3N3O3/c17-16(18,19)25-10-1-2-11-12(7-10)20-21-14(11)15(23)24-13-8-22-5-3-9(13)4-6-22/h1-2,7,9,13,15,23H,3-6,8H2,(H,20,21)/t13-,15?/m1/s1. The number of nitrogens with one attached hydrogen (secondary N) is 1. The van der Waals surface area contributed by atoms with Crippen molar-refractivity contribution in [3.8, 4) is 5.75 Å². The van der Waals surface area contributed by atoms with Crippen molar-refractivity contribution in [3.63, 3.8) is 0 Å². The molecule has 1 unspecified atom stereocenters. The molecule has 3 saturated heterocycles. The van der Waals surface area contributed by atoms with Gasteiger partial charge in [-0.1, -0.05) is 0 Å². The second kappa shape index (κ2) is 6.15. The van der Waals surface area contributed by atoms with Crippen LogP contribution in [0.25, 0.3) is 10.9 Å². The van der Waals surface area contributed by atoms with Crippen LogP contribution in [0.15, 0.2) is 18.2 Å². The number of benzene rings is 1. The molecule has 2 atom stereocenters. The first-order chi connectivity index (χ1) is 11.9. The first-order valence-electron chi connectivity index (χ1n) is 8.19. The number of alkyl halides is 3. The topological polar surface area (TPSA) is 70.6 Å². The number of H-pyrrole nitrogens is 1. The van der Waals surface area contributed by atoms with Crippen LogP contribution in [0.5, 0.6) is 5.75 Å². The van der Waals surface area contributed by atoms with Crippen molar-refractivity contribution in [2.24, 2.45) is 5.92 Å². The van der Waals surface area contributed by atoms with Gasteiger partial charge in [-0.15, -0.1) is 13.2 Å². The van der Waals surface area contributed by atoms with Crippen LogP contribution in [0.4, 0.5) is 13.2 Å². The van der Waals surface area contributed by atoms with E-state index in [9.17, 15) is 18.3 Å². The molecule has 1 aromatic carbocycles. The van der Waals surface area contributed by atoms with Crippen LogP contribution in [0.3, 0.4) is 0 Å². The summed E-state index contributed by atoms with van der Waals surface area (Å²) in [6.07, 6.45) is -3.91. The number of rotatable bonds is 4. The largest absolute Gasteiger partial charge is 0.573 e. The van der Waals surface area contributed by atoms with Gasteiger partial charge >= 0.3 is 6.36 Å². The molecule has 0 spiro atoms. The molecule has 3 aliphatic heterocycles. The molecule has 0 saturated carbocycles. The molecule has 25 heavy (non-hydrogen) atoms. The van der Waals surface area contributed by atoms with Gasteiger partial charge in [0.15, 0.2) is 6.29 Å². The lowest BCUT2D eigenvalue weighted by molar-refractivity contribution is -0.274. The lowest BCUT2D eigenvalue weighted by atomic mass is 9.86.